The van der Waals surface area contributed by atoms with Crippen LogP contribution in [0.3, 0.4) is 0 Å². The minimum atomic E-state index is 0.861. The van der Waals surface area contributed by atoms with Crippen LogP contribution in [0.4, 0.5) is 0 Å². The van der Waals surface area contributed by atoms with Crippen LogP contribution in [-0.4, -0.2) is 6.61 Å². The topological polar surface area (TPSA) is 9.23 Å². The van der Waals surface area contributed by atoms with Gasteiger partial charge in [0.05, 0.1) is 12.4 Å². The van der Waals surface area contributed by atoms with Crippen molar-refractivity contribution >= 4 is 0 Å². The molecule has 0 heterocycles. The summed E-state index contributed by atoms with van der Waals surface area (Å²) in [5.41, 5.74) is 0. The molecule has 0 spiro atoms. The van der Waals surface area contributed by atoms with Crippen LogP contribution in [0, 0.1) is 0 Å². The molecule has 0 fully saturated rings. The molecule has 0 aromatic heterocycles. The van der Waals surface area contributed by atoms with Crippen molar-refractivity contribution in [3.8, 4) is 0 Å². The minimum absolute atomic E-state index is 0.861. The lowest BCUT2D eigenvalue weighted by Crippen LogP contribution is -1.91. The molecule has 0 saturated carbocycles. The molecule has 0 saturated heterocycles. The van der Waals surface area contributed by atoms with Gasteiger partial charge in [-0.05, 0) is 18.9 Å². The predicted octanol–water partition coefficient (Wildman–Crippen LogP) is 3.12. The van der Waals surface area contributed by atoms with Crippen LogP contribution in [0.1, 0.15) is 40.0 Å². The Labute approximate surface area is 64.1 Å². The van der Waals surface area contributed by atoms with Crippen LogP contribution >= 0.6 is 0 Å². The Kier molecular flexibility index (Phi) is 6.35. The molecule has 0 amide bonds. The Hall–Kier alpha value is -0.460. The summed E-state index contributed by atoms with van der Waals surface area (Å²) in [6.07, 6.45) is 5.34. The highest BCUT2D eigenvalue weighted by atomic mass is 16.5. The van der Waals surface area contributed by atoms with E-state index in [1.165, 1.54) is 0 Å². The van der Waals surface area contributed by atoms with E-state index in [1.807, 2.05) is 0 Å². The average Bonchev–Trinajstić information content (AvgIpc) is 1.98. The van der Waals surface area contributed by atoms with Crippen molar-refractivity contribution in [2.75, 3.05) is 6.61 Å². The van der Waals surface area contributed by atoms with Gasteiger partial charge in [-0.25, -0.2) is 0 Å². The van der Waals surface area contributed by atoms with Gasteiger partial charge in [-0.2, -0.15) is 0 Å². The lowest BCUT2D eigenvalue weighted by atomic mass is 10.3. The summed E-state index contributed by atoms with van der Waals surface area (Å²) < 4.78 is 5.44. The molecule has 0 N–H and O–H groups in total. The van der Waals surface area contributed by atoms with Crippen LogP contribution in [0.5, 0.6) is 0 Å². The number of ether oxygens (including phenoxy) is 1. The van der Waals surface area contributed by atoms with E-state index in [4.69, 9.17) is 4.74 Å². The molecule has 0 atom stereocenters. The molecular formula is C9H18O. The van der Waals surface area contributed by atoms with E-state index >= 15 is 0 Å². The molecule has 0 aliphatic heterocycles. The summed E-state index contributed by atoms with van der Waals surface area (Å²) >= 11 is 0. The lowest BCUT2D eigenvalue weighted by molar-refractivity contribution is 0.204. The van der Waals surface area contributed by atoms with Crippen molar-refractivity contribution in [3.05, 3.63) is 11.8 Å². The second-order valence-corrected chi connectivity index (χ2v) is 2.28. The lowest BCUT2D eigenvalue weighted by Gasteiger charge is -2.05. The highest BCUT2D eigenvalue weighted by molar-refractivity contribution is 4.90. The molecule has 1 heteroatoms. The number of rotatable bonds is 5. The quantitative estimate of drug-likeness (QED) is 0.536. The Morgan fingerprint density at radius 1 is 1.30 bits per heavy atom. The van der Waals surface area contributed by atoms with E-state index in [9.17, 15) is 0 Å². The smallest absolute Gasteiger partial charge is 0.0917 e. The van der Waals surface area contributed by atoms with E-state index in [0.717, 1.165) is 31.6 Å². The summed E-state index contributed by atoms with van der Waals surface area (Å²) in [7, 11) is 0. The normalized spacial score (nSPS) is 11.7. The number of allylic oxidation sites excluding steroid dienone is 2. The number of hydrogen-bond acceptors (Lipinski definition) is 1. The van der Waals surface area contributed by atoms with E-state index in [0.29, 0.717) is 0 Å². The maximum Gasteiger partial charge on any atom is 0.0917 e. The molecule has 0 unspecified atom stereocenters. The molecule has 0 aromatic rings. The molecule has 0 aromatic carbocycles. The van der Waals surface area contributed by atoms with Crippen molar-refractivity contribution in [2.24, 2.45) is 0 Å². The molecule has 0 rings (SSSR count). The molecule has 1 nitrogen and oxygen atoms in total. The first-order valence-electron chi connectivity index (χ1n) is 4.16. The summed E-state index contributed by atoms with van der Waals surface area (Å²) in [6.45, 7) is 7.24. The Morgan fingerprint density at radius 3 is 2.40 bits per heavy atom. The van der Waals surface area contributed by atoms with Gasteiger partial charge in [0.1, 0.15) is 0 Å². The third kappa shape index (κ3) is 4.42. The van der Waals surface area contributed by atoms with Crippen LogP contribution in [-0.2, 0) is 4.74 Å². The van der Waals surface area contributed by atoms with Gasteiger partial charge in [0.2, 0.25) is 0 Å². The SMILES string of the molecule is CC/C=C(/CC)OCCC. The second-order valence-electron chi connectivity index (χ2n) is 2.28. The Bertz CT molecular complexity index is 94.9. The van der Waals surface area contributed by atoms with Gasteiger partial charge in [0.25, 0.3) is 0 Å². The van der Waals surface area contributed by atoms with Gasteiger partial charge in [-0.1, -0.05) is 20.8 Å². The van der Waals surface area contributed by atoms with E-state index in [1.54, 1.807) is 0 Å². The molecule has 60 valence electrons. The summed E-state index contributed by atoms with van der Waals surface area (Å²) in [5.74, 6) is 1.14. The van der Waals surface area contributed by atoms with Crippen molar-refractivity contribution in [3.63, 3.8) is 0 Å². The average molecular weight is 142 g/mol. The van der Waals surface area contributed by atoms with E-state index in [-0.39, 0.29) is 0 Å². The monoisotopic (exact) mass is 142 g/mol. The fourth-order valence-corrected chi connectivity index (χ4v) is 0.766. The maximum absolute atomic E-state index is 5.44. The maximum atomic E-state index is 5.44. The zero-order chi connectivity index (χ0) is 7.82. The van der Waals surface area contributed by atoms with Crippen LogP contribution in [0.2, 0.25) is 0 Å². The van der Waals surface area contributed by atoms with Crippen molar-refractivity contribution in [1.29, 1.82) is 0 Å². The summed E-state index contributed by atoms with van der Waals surface area (Å²) in [6, 6.07) is 0. The minimum Gasteiger partial charge on any atom is -0.498 e. The van der Waals surface area contributed by atoms with Crippen molar-refractivity contribution in [2.45, 2.75) is 40.0 Å². The van der Waals surface area contributed by atoms with Gasteiger partial charge < -0.3 is 4.74 Å². The van der Waals surface area contributed by atoms with Crippen LogP contribution in [0.25, 0.3) is 0 Å². The fraction of sp³-hybridized carbons (Fsp3) is 0.778. The van der Waals surface area contributed by atoms with Crippen LogP contribution < -0.4 is 0 Å². The highest BCUT2D eigenvalue weighted by Crippen LogP contribution is 2.04. The largest absolute Gasteiger partial charge is 0.498 e. The first-order valence-corrected chi connectivity index (χ1v) is 4.16. The summed E-state index contributed by atoms with van der Waals surface area (Å²) in [5, 5.41) is 0. The molecule has 0 aliphatic rings. The molecular weight excluding hydrogens is 124 g/mol. The molecule has 0 radical (unpaired) electrons. The van der Waals surface area contributed by atoms with Gasteiger partial charge in [-0.3, -0.25) is 0 Å². The first-order chi connectivity index (χ1) is 4.85. The van der Waals surface area contributed by atoms with Crippen LogP contribution in [0.15, 0.2) is 11.8 Å². The highest BCUT2D eigenvalue weighted by Gasteiger charge is 1.90. The second kappa shape index (κ2) is 6.66. The zero-order valence-electron chi connectivity index (χ0n) is 7.31. The van der Waals surface area contributed by atoms with Crippen molar-refractivity contribution in [1.82, 2.24) is 0 Å². The number of hydrogen-bond donors (Lipinski definition) is 0. The molecule has 10 heavy (non-hydrogen) atoms. The standard InChI is InChI=1S/C9H18O/c1-4-7-9(6-3)10-8-5-2/h7H,4-6,8H2,1-3H3/b9-7-. The Balaban J connectivity index is 3.49. The van der Waals surface area contributed by atoms with E-state index < -0.39 is 0 Å². The third-order valence-corrected chi connectivity index (χ3v) is 1.27. The van der Waals surface area contributed by atoms with Gasteiger partial charge in [0.15, 0.2) is 0 Å². The first kappa shape index (κ1) is 9.54. The van der Waals surface area contributed by atoms with Gasteiger partial charge in [-0.15, -0.1) is 0 Å². The summed E-state index contributed by atoms with van der Waals surface area (Å²) in [4.78, 5) is 0. The van der Waals surface area contributed by atoms with Crippen molar-refractivity contribution < 1.29 is 4.74 Å². The zero-order valence-corrected chi connectivity index (χ0v) is 7.31. The van der Waals surface area contributed by atoms with Gasteiger partial charge in [0, 0.05) is 6.42 Å². The molecule has 0 bridgehead atoms. The molecule has 0 aliphatic carbocycles. The van der Waals surface area contributed by atoms with E-state index in [2.05, 4.69) is 26.8 Å². The fourth-order valence-electron chi connectivity index (χ4n) is 0.766. The Morgan fingerprint density at radius 2 is 2.00 bits per heavy atom. The van der Waals surface area contributed by atoms with Gasteiger partial charge >= 0.3 is 0 Å². The third-order valence-electron chi connectivity index (χ3n) is 1.27. The predicted molar refractivity (Wildman–Crippen MR) is 44.9 cm³/mol.